The molecule has 1 aromatic heterocycles. The first-order valence-electron chi connectivity index (χ1n) is 9.82. The smallest absolute Gasteiger partial charge is 0.417 e. The lowest BCUT2D eigenvalue weighted by atomic mass is 9.98. The summed E-state index contributed by atoms with van der Waals surface area (Å²) in [6.45, 7) is 1.42. The second-order valence-corrected chi connectivity index (χ2v) is 7.80. The van der Waals surface area contributed by atoms with Crippen LogP contribution in [-0.4, -0.2) is 22.9 Å². The molecule has 0 radical (unpaired) electrons. The molecule has 2 amide bonds. The number of benzene rings is 2. The topological polar surface area (TPSA) is 80.3 Å². The molecule has 6 nitrogen and oxygen atoms in total. The Labute approximate surface area is 191 Å². The van der Waals surface area contributed by atoms with Crippen molar-refractivity contribution in [1.29, 1.82) is 0 Å². The summed E-state index contributed by atoms with van der Waals surface area (Å²) < 4.78 is 44.9. The van der Waals surface area contributed by atoms with Crippen LogP contribution in [0.1, 0.15) is 18.1 Å². The lowest BCUT2D eigenvalue weighted by Crippen LogP contribution is -2.31. The summed E-state index contributed by atoms with van der Waals surface area (Å²) in [5.74, 6) is -0.501. The summed E-state index contributed by atoms with van der Waals surface area (Å²) in [6, 6.07) is 12.1. The van der Waals surface area contributed by atoms with E-state index in [1.165, 1.54) is 13.0 Å². The number of halogens is 4. The average Bonchev–Trinajstić information content (AvgIpc) is 3.19. The normalized spacial score (nSPS) is 14.9. The number of alkyl halides is 3. The van der Waals surface area contributed by atoms with E-state index in [1.54, 1.807) is 24.4 Å². The van der Waals surface area contributed by atoms with E-state index in [-0.39, 0.29) is 23.9 Å². The monoisotopic (exact) mass is 475 g/mol. The van der Waals surface area contributed by atoms with Crippen molar-refractivity contribution >= 4 is 34.8 Å². The van der Waals surface area contributed by atoms with Crippen LogP contribution >= 0.6 is 11.6 Å². The Morgan fingerprint density at radius 2 is 1.76 bits per heavy atom. The molecular weight excluding hydrogens is 459 g/mol. The average molecular weight is 476 g/mol. The van der Waals surface area contributed by atoms with Gasteiger partial charge in [0.1, 0.15) is 0 Å². The molecule has 0 aliphatic carbocycles. The number of hydrogen-bond acceptors (Lipinski definition) is 4. The molecule has 170 valence electrons. The van der Waals surface area contributed by atoms with Crippen LogP contribution in [0.4, 0.5) is 24.5 Å². The van der Waals surface area contributed by atoms with Crippen molar-refractivity contribution < 1.29 is 27.5 Å². The minimum absolute atomic E-state index is 0.0435. The van der Waals surface area contributed by atoms with E-state index in [2.05, 4.69) is 15.6 Å². The first-order chi connectivity index (χ1) is 15.6. The molecule has 0 fully saturated rings. The number of rotatable bonds is 4. The van der Waals surface area contributed by atoms with Crippen molar-refractivity contribution in [2.45, 2.75) is 25.6 Å². The van der Waals surface area contributed by atoms with Crippen LogP contribution in [0.3, 0.4) is 0 Å². The van der Waals surface area contributed by atoms with Crippen molar-refractivity contribution in [3.63, 3.8) is 0 Å². The Bertz CT molecular complexity index is 1230. The zero-order chi connectivity index (χ0) is 23.8. The highest BCUT2D eigenvalue weighted by molar-refractivity contribution is 6.31. The highest BCUT2D eigenvalue weighted by atomic mass is 35.5. The fourth-order valence-corrected chi connectivity index (χ4v) is 3.75. The fourth-order valence-electron chi connectivity index (χ4n) is 3.53. The maximum atomic E-state index is 13.1. The van der Waals surface area contributed by atoms with Crippen LogP contribution in [0.5, 0.6) is 5.88 Å². The van der Waals surface area contributed by atoms with Crippen molar-refractivity contribution in [3.8, 4) is 17.0 Å². The third-order valence-corrected chi connectivity index (χ3v) is 5.34. The molecule has 0 bridgehead atoms. The second kappa shape index (κ2) is 8.74. The lowest BCUT2D eigenvalue weighted by molar-refractivity contribution is -0.137. The van der Waals surface area contributed by atoms with Gasteiger partial charge in [-0.3, -0.25) is 9.59 Å². The van der Waals surface area contributed by atoms with Gasteiger partial charge in [-0.2, -0.15) is 13.2 Å². The summed E-state index contributed by atoms with van der Waals surface area (Å²) in [5, 5.41) is 4.69. The van der Waals surface area contributed by atoms with E-state index in [4.69, 9.17) is 16.3 Å². The number of pyridine rings is 1. The highest BCUT2D eigenvalue weighted by Crippen LogP contribution is 2.38. The number of amides is 2. The zero-order valence-electron chi connectivity index (χ0n) is 17.2. The molecule has 2 aromatic carbocycles. The van der Waals surface area contributed by atoms with E-state index in [9.17, 15) is 22.8 Å². The summed E-state index contributed by atoms with van der Waals surface area (Å²) in [4.78, 5) is 28.1. The lowest BCUT2D eigenvalue weighted by Gasteiger charge is -2.14. The molecule has 0 saturated carbocycles. The molecule has 1 aliphatic rings. The van der Waals surface area contributed by atoms with Crippen LogP contribution < -0.4 is 15.4 Å². The number of carbonyl (C=O) groups excluding carboxylic acids is 2. The Kier molecular flexibility index (Phi) is 5.99. The maximum absolute atomic E-state index is 13.1. The molecule has 33 heavy (non-hydrogen) atoms. The molecule has 2 N–H and O–H groups in total. The Hall–Kier alpha value is -3.59. The molecule has 0 spiro atoms. The molecule has 1 aliphatic heterocycles. The standard InChI is InChI=1S/C23H17ClF3N3O3/c1-12(31)29-14-4-2-13(3-5-14)16-8-9-28-22-17(16)11-20(33-22)21(32)30-15-6-7-19(24)18(10-15)23(25,26)27/h2-10,20H,11H2,1H3,(H,29,31)(H,30,32). The fraction of sp³-hybridized carbons (Fsp3) is 0.174. The molecule has 3 aromatic rings. The van der Waals surface area contributed by atoms with Gasteiger partial charge in [-0.1, -0.05) is 23.7 Å². The Morgan fingerprint density at radius 1 is 1.06 bits per heavy atom. The Balaban J connectivity index is 1.52. The van der Waals surface area contributed by atoms with E-state index in [1.807, 2.05) is 12.1 Å². The number of carbonyl (C=O) groups is 2. The molecule has 10 heteroatoms. The summed E-state index contributed by atoms with van der Waals surface area (Å²) in [7, 11) is 0. The van der Waals surface area contributed by atoms with Crippen molar-refractivity contribution in [2.75, 3.05) is 10.6 Å². The number of hydrogen-bond donors (Lipinski definition) is 2. The number of anilines is 2. The van der Waals surface area contributed by atoms with Crippen molar-refractivity contribution in [2.24, 2.45) is 0 Å². The maximum Gasteiger partial charge on any atom is 0.417 e. The minimum atomic E-state index is -4.65. The quantitative estimate of drug-likeness (QED) is 0.535. The second-order valence-electron chi connectivity index (χ2n) is 7.39. The van der Waals surface area contributed by atoms with Gasteiger partial charge in [0.15, 0.2) is 6.10 Å². The van der Waals surface area contributed by atoms with Gasteiger partial charge in [-0.15, -0.1) is 0 Å². The van der Waals surface area contributed by atoms with Crippen LogP contribution in [0.2, 0.25) is 5.02 Å². The largest absolute Gasteiger partial charge is 0.464 e. The SMILES string of the molecule is CC(=O)Nc1ccc(-c2ccnc3c2CC(C(=O)Nc2ccc(Cl)c(C(F)(F)F)c2)O3)cc1. The number of aromatic nitrogens is 1. The first-order valence-corrected chi connectivity index (χ1v) is 10.2. The minimum Gasteiger partial charge on any atom is -0.464 e. The zero-order valence-corrected chi connectivity index (χ0v) is 17.9. The van der Waals surface area contributed by atoms with E-state index in [0.29, 0.717) is 11.3 Å². The molecular formula is C23H17ClF3N3O3. The van der Waals surface area contributed by atoms with Crippen molar-refractivity contribution in [3.05, 3.63) is 70.9 Å². The van der Waals surface area contributed by atoms with E-state index >= 15 is 0 Å². The van der Waals surface area contributed by atoms with Crippen LogP contribution in [0.15, 0.2) is 54.7 Å². The molecule has 1 atom stereocenters. The Morgan fingerprint density at radius 3 is 2.42 bits per heavy atom. The summed E-state index contributed by atoms with van der Waals surface area (Å²) in [5.41, 5.74) is 1.90. The molecule has 2 heterocycles. The number of nitrogens with one attached hydrogen (secondary N) is 2. The van der Waals surface area contributed by atoms with Crippen molar-refractivity contribution in [1.82, 2.24) is 4.98 Å². The van der Waals surface area contributed by atoms with Crippen LogP contribution in [0, 0.1) is 0 Å². The summed E-state index contributed by atoms with van der Waals surface area (Å²) >= 11 is 5.63. The first kappa shape index (κ1) is 22.6. The van der Waals surface area contributed by atoms with Gasteiger partial charge >= 0.3 is 6.18 Å². The number of ether oxygens (including phenoxy) is 1. The van der Waals surface area contributed by atoms with Crippen LogP contribution in [-0.2, 0) is 22.2 Å². The van der Waals surface area contributed by atoms with Gasteiger partial charge in [-0.25, -0.2) is 4.98 Å². The highest BCUT2D eigenvalue weighted by Gasteiger charge is 2.35. The van der Waals surface area contributed by atoms with Gasteiger partial charge in [0, 0.05) is 36.5 Å². The van der Waals surface area contributed by atoms with E-state index < -0.39 is 28.8 Å². The molecule has 1 unspecified atom stereocenters. The van der Waals surface area contributed by atoms with E-state index in [0.717, 1.165) is 23.3 Å². The van der Waals surface area contributed by atoms with Gasteiger partial charge < -0.3 is 15.4 Å². The van der Waals surface area contributed by atoms with Gasteiger partial charge in [0.2, 0.25) is 11.8 Å². The number of fused-ring (bicyclic) bond motifs is 1. The number of nitrogens with zero attached hydrogens (tertiary/aromatic N) is 1. The molecule has 4 rings (SSSR count). The summed E-state index contributed by atoms with van der Waals surface area (Å²) in [6.07, 6.45) is -3.87. The molecule has 0 saturated heterocycles. The predicted molar refractivity (Wildman–Crippen MR) is 117 cm³/mol. The predicted octanol–water partition coefficient (Wildman–Crippen LogP) is 5.32. The van der Waals surface area contributed by atoms with Gasteiger partial charge in [0.05, 0.1) is 10.6 Å². The third kappa shape index (κ3) is 4.93. The van der Waals surface area contributed by atoms with Gasteiger partial charge in [-0.05, 0) is 47.5 Å². The van der Waals surface area contributed by atoms with Gasteiger partial charge in [0.25, 0.3) is 5.91 Å². The third-order valence-electron chi connectivity index (χ3n) is 5.01. The van der Waals surface area contributed by atoms with Crippen LogP contribution in [0.25, 0.3) is 11.1 Å².